The first-order valence-corrected chi connectivity index (χ1v) is 6.19. The van der Waals surface area contributed by atoms with E-state index in [2.05, 4.69) is 15.5 Å². The van der Waals surface area contributed by atoms with Crippen molar-refractivity contribution in [1.29, 1.82) is 0 Å². The van der Waals surface area contributed by atoms with Crippen LogP contribution in [0.4, 0.5) is 4.39 Å². The number of aromatic nitrogens is 2. The lowest BCUT2D eigenvalue weighted by Crippen LogP contribution is -2.22. The molecule has 0 aliphatic rings. The number of benzene rings is 2. The Morgan fingerprint density at radius 2 is 2.00 bits per heavy atom. The molecule has 20 heavy (non-hydrogen) atoms. The molecule has 2 aromatic carbocycles. The van der Waals surface area contributed by atoms with Crippen LogP contribution in [0.2, 0.25) is 0 Å². The standard InChI is InChI=1S/C15H12FN3O/c16-11-6-4-10(5-7-11)8-17-15(20)12-2-1-3-14-13(12)9-18-19-14/h1-7,9H,8H2,(H,17,20)(H,18,19). The molecule has 2 N–H and O–H groups in total. The largest absolute Gasteiger partial charge is 0.348 e. The van der Waals surface area contributed by atoms with E-state index in [1.807, 2.05) is 6.07 Å². The molecule has 0 bridgehead atoms. The number of carbonyl (C=O) groups excluding carboxylic acids is 1. The Morgan fingerprint density at radius 3 is 2.80 bits per heavy atom. The molecule has 0 atom stereocenters. The highest BCUT2D eigenvalue weighted by atomic mass is 19.1. The molecule has 1 aromatic heterocycles. The molecule has 0 radical (unpaired) electrons. The van der Waals surface area contributed by atoms with Gasteiger partial charge in [0.15, 0.2) is 0 Å². The van der Waals surface area contributed by atoms with E-state index in [1.165, 1.54) is 12.1 Å². The number of hydrogen-bond acceptors (Lipinski definition) is 2. The Kier molecular flexibility index (Phi) is 3.16. The van der Waals surface area contributed by atoms with Crippen LogP contribution in [0.15, 0.2) is 48.7 Å². The molecule has 0 unspecified atom stereocenters. The Bertz CT molecular complexity index is 749. The summed E-state index contributed by atoms with van der Waals surface area (Å²) in [5.74, 6) is -0.468. The minimum absolute atomic E-state index is 0.179. The van der Waals surface area contributed by atoms with Gasteiger partial charge in [0, 0.05) is 11.9 Å². The summed E-state index contributed by atoms with van der Waals surface area (Å²) in [6.07, 6.45) is 1.63. The van der Waals surface area contributed by atoms with Gasteiger partial charge in [-0.2, -0.15) is 5.10 Å². The first-order valence-electron chi connectivity index (χ1n) is 6.19. The first kappa shape index (κ1) is 12.3. The normalized spacial score (nSPS) is 10.7. The predicted molar refractivity (Wildman–Crippen MR) is 73.7 cm³/mol. The van der Waals surface area contributed by atoms with Gasteiger partial charge in [-0.1, -0.05) is 18.2 Å². The summed E-state index contributed by atoms with van der Waals surface area (Å²) in [6, 6.07) is 11.4. The van der Waals surface area contributed by atoms with Gasteiger partial charge in [-0.25, -0.2) is 4.39 Å². The monoisotopic (exact) mass is 269 g/mol. The minimum Gasteiger partial charge on any atom is -0.348 e. The average Bonchev–Trinajstić information content (AvgIpc) is 2.94. The molecule has 0 fully saturated rings. The van der Waals surface area contributed by atoms with Gasteiger partial charge >= 0.3 is 0 Å². The number of halogens is 1. The van der Waals surface area contributed by atoms with Gasteiger partial charge in [-0.15, -0.1) is 0 Å². The molecular weight excluding hydrogens is 257 g/mol. The van der Waals surface area contributed by atoms with E-state index in [4.69, 9.17) is 0 Å². The van der Waals surface area contributed by atoms with Crippen molar-refractivity contribution in [3.8, 4) is 0 Å². The molecule has 4 nitrogen and oxygen atoms in total. The number of nitrogens with zero attached hydrogens (tertiary/aromatic N) is 1. The van der Waals surface area contributed by atoms with Crippen LogP contribution >= 0.6 is 0 Å². The number of hydrogen-bond donors (Lipinski definition) is 2. The molecule has 0 aliphatic heterocycles. The zero-order valence-electron chi connectivity index (χ0n) is 10.6. The lowest BCUT2D eigenvalue weighted by Gasteiger charge is -2.06. The van der Waals surface area contributed by atoms with E-state index in [-0.39, 0.29) is 11.7 Å². The Balaban J connectivity index is 1.76. The van der Waals surface area contributed by atoms with Gasteiger partial charge in [0.2, 0.25) is 0 Å². The highest BCUT2D eigenvalue weighted by Crippen LogP contribution is 2.16. The van der Waals surface area contributed by atoms with Crippen molar-refractivity contribution < 1.29 is 9.18 Å². The molecule has 0 spiro atoms. The number of carbonyl (C=O) groups is 1. The van der Waals surface area contributed by atoms with Crippen LogP contribution in [0.25, 0.3) is 10.9 Å². The second-order valence-electron chi connectivity index (χ2n) is 4.45. The van der Waals surface area contributed by atoms with Crippen molar-refractivity contribution in [1.82, 2.24) is 15.5 Å². The summed E-state index contributed by atoms with van der Waals surface area (Å²) in [5.41, 5.74) is 2.23. The number of fused-ring (bicyclic) bond motifs is 1. The first-order chi connectivity index (χ1) is 9.74. The van der Waals surface area contributed by atoms with Gasteiger partial charge in [-0.3, -0.25) is 9.89 Å². The van der Waals surface area contributed by atoms with Crippen LogP contribution in [0.1, 0.15) is 15.9 Å². The lowest BCUT2D eigenvalue weighted by atomic mass is 10.1. The predicted octanol–water partition coefficient (Wildman–Crippen LogP) is 2.63. The highest BCUT2D eigenvalue weighted by Gasteiger charge is 2.10. The Labute approximate surface area is 114 Å². The second kappa shape index (κ2) is 5.13. The average molecular weight is 269 g/mol. The molecular formula is C15H12FN3O. The van der Waals surface area contributed by atoms with E-state index in [0.29, 0.717) is 12.1 Å². The van der Waals surface area contributed by atoms with Gasteiger partial charge in [0.05, 0.1) is 17.3 Å². The van der Waals surface area contributed by atoms with Crippen LogP contribution in [0, 0.1) is 5.82 Å². The third-order valence-corrected chi connectivity index (χ3v) is 3.10. The SMILES string of the molecule is O=C(NCc1ccc(F)cc1)c1cccc2[nH]ncc12. The maximum Gasteiger partial charge on any atom is 0.252 e. The molecule has 5 heteroatoms. The molecule has 0 saturated heterocycles. The maximum atomic E-state index is 12.8. The van der Waals surface area contributed by atoms with Crippen molar-refractivity contribution in [2.45, 2.75) is 6.54 Å². The Hall–Kier alpha value is -2.69. The van der Waals surface area contributed by atoms with E-state index in [9.17, 15) is 9.18 Å². The van der Waals surface area contributed by atoms with Crippen molar-refractivity contribution in [2.24, 2.45) is 0 Å². The number of rotatable bonds is 3. The quantitative estimate of drug-likeness (QED) is 0.768. The Morgan fingerprint density at radius 1 is 1.20 bits per heavy atom. The summed E-state index contributed by atoms with van der Waals surface area (Å²) in [7, 11) is 0. The number of aromatic amines is 1. The molecule has 3 aromatic rings. The number of amides is 1. The number of H-pyrrole nitrogens is 1. The third-order valence-electron chi connectivity index (χ3n) is 3.10. The summed E-state index contributed by atoms with van der Waals surface area (Å²) in [5, 5.41) is 10.3. The van der Waals surface area contributed by atoms with Crippen LogP contribution in [0.3, 0.4) is 0 Å². The number of nitrogens with one attached hydrogen (secondary N) is 2. The van der Waals surface area contributed by atoms with Gasteiger partial charge < -0.3 is 5.32 Å². The lowest BCUT2D eigenvalue weighted by molar-refractivity contribution is 0.0952. The fourth-order valence-corrected chi connectivity index (χ4v) is 2.05. The zero-order valence-corrected chi connectivity index (χ0v) is 10.6. The highest BCUT2D eigenvalue weighted by molar-refractivity contribution is 6.05. The van der Waals surface area contributed by atoms with Crippen molar-refractivity contribution in [3.05, 3.63) is 65.6 Å². The fourth-order valence-electron chi connectivity index (χ4n) is 2.05. The molecule has 0 aliphatic carbocycles. The van der Waals surface area contributed by atoms with Crippen LogP contribution in [-0.2, 0) is 6.54 Å². The van der Waals surface area contributed by atoms with Crippen molar-refractivity contribution in [3.63, 3.8) is 0 Å². The van der Waals surface area contributed by atoms with Gasteiger partial charge in [0.25, 0.3) is 5.91 Å². The van der Waals surface area contributed by atoms with Gasteiger partial charge in [0.1, 0.15) is 5.82 Å². The summed E-state index contributed by atoms with van der Waals surface area (Å²) in [4.78, 5) is 12.2. The second-order valence-corrected chi connectivity index (χ2v) is 4.45. The van der Waals surface area contributed by atoms with E-state index >= 15 is 0 Å². The van der Waals surface area contributed by atoms with Crippen LogP contribution in [-0.4, -0.2) is 16.1 Å². The molecule has 3 rings (SSSR count). The molecule has 1 heterocycles. The van der Waals surface area contributed by atoms with E-state index in [1.54, 1.807) is 30.5 Å². The summed E-state index contributed by atoms with van der Waals surface area (Å²) >= 11 is 0. The summed E-state index contributed by atoms with van der Waals surface area (Å²) in [6.45, 7) is 0.355. The summed E-state index contributed by atoms with van der Waals surface area (Å²) < 4.78 is 12.8. The smallest absolute Gasteiger partial charge is 0.252 e. The van der Waals surface area contributed by atoms with Crippen molar-refractivity contribution in [2.75, 3.05) is 0 Å². The molecule has 1 amide bonds. The third kappa shape index (κ3) is 2.38. The van der Waals surface area contributed by atoms with E-state index in [0.717, 1.165) is 16.5 Å². The van der Waals surface area contributed by atoms with E-state index < -0.39 is 0 Å². The maximum absolute atomic E-state index is 12.8. The van der Waals surface area contributed by atoms with Gasteiger partial charge in [-0.05, 0) is 29.8 Å². The molecule has 100 valence electrons. The van der Waals surface area contributed by atoms with Crippen LogP contribution in [0.5, 0.6) is 0 Å². The minimum atomic E-state index is -0.289. The zero-order chi connectivity index (χ0) is 13.9. The van der Waals surface area contributed by atoms with Crippen LogP contribution < -0.4 is 5.32 Å². The topological polar surface area (TPSA) is 57.8 Å². The molecule has 0 saturated carbocycles. The van der Waals surface area contributed by atoms with Crippen molar-refractivity contribution >= 4 is 16.8 Å². The fraction of sp³-hybridized carbons (Fsp3) is 0.0667.